The molecule has 3 atom stereocenters. The summed E-state index contributed by atoms with van der Waals surface area (Å²) in [7, 11) is 0. The highest BCUT2D eigenvalue weighted by atomic mass is 14.9. The van der Waals surface area contributed by atoms with E-state index in [2.05, 4.69) is 170 Å². The Morgan fingerprint density at radius 1 is 0.597 bits per heavy atom. The molecule has 2 aliphatic heterocycles. The molecule has 4 aliphatic carbocycles. The molecule has 0 amide bonds. The Labute approximate surface area is 362 Å². The summed E-state index contributed by atoms with van der Waals surface area (Å²) >= 11 is 0. The third-order valence-corrected chi connectivity index (χ3v) is 14.3. The maximum Gasteiger partial charge on any atom is 0.103 e. The molecule has 62 heavy (non-hydrogen) atoms. The minimum Gasteiger partial charge on any atom is -0.274 e. The highest BCUT2D eigenvalue weighted by Crippen LogP contribution is 2.42. The lowest BCUT2D eigenvalue weighted by atomic mass is 9.82. The molecule has 3 heteroatoms. The van der Waals surface area contributed by atoms with Crippen LogP contribution in [0.4, 0.5) is 0 Å². The molecule has 0 radical (unpaired) electrons. The zero-order valence-corrected chi connectivity index (χ0v) is 34.7. The third kappa shape index (κ3) is 5.75. The highest BCUT2D eigenvalue weighted by Gasteiger charge is 2.32. The number of fused-ring (bicyclic) bond motifs is 13. The van der Waals surface area contributed by atoms with Crippen molar-refractivity contribution in [3.05, 3.63) is 209 Å². The topological polar surface area (TPSA) is 37.6 Å². The molecule has 0 fully saturated rings. The molecule has 0 spiro atoms. The summed E-state index contributed by atoms with van der Waals surface area (Å²) in [5, 5.41) is 11.6. The normalized spacial score (nSPS) is 21.6. The number of nitrogens with zero attached hydrogens (tertiary/aromatic N) is 3. The van der Waals surface area contributed by atoms with Crippen LogP contribution < -0.4 is 0 Å². The van der Waals surface area contributed by atoms with Crippen LogP contribution in [-0.2, 0) is 6.42 Å². The van der Waals surface area contributed by atoms with Gasteiger partial charge in [-0.1, -0.05) is 146 Å². The fourth-order valence-electron chi connectivity index (χ4n) is 11.2. The van der Waals surface area contributed by atoms with E-state index in [0.29, 0.717) is 0 Å². The van der Waals surface area contributed by atoms with Gasteiger partial charge in [-0.15, -0.1) is 0 Å². The molecule has 0 saturated heterocycles. The minimum absolute atomic E-state index is 0.0124. The van der Waals surface area contributed by atoms with Gasteiger partial charge in [0.15, 0.2) is 0 Å². The fraction of sp³-hybridized carbons (Fsp3) is 0.169. The van der Waals surface area contributed by atoms with Crippen LogP contribution in [0, 0.1) is 5.92 Å². The second-order valence-electron chi connectivity index (χ2n) is 17.8. The smallest absolute Gasteiger partial charge is 0.103 e. The average molecular weight is 796 g/mol. The first-order chi connectivity index (χ1) is 30.7. The van der Waals surface area contributed by atoms with Gasteiger partial charge in [0, 0.05) is 33.9 Å². The van der Waals surface area contributed by atoms with E-state index in [4.69, 9.17) is 15.0 Å². The Morgan fingerprint density at radius 3 is 2.24 bits per heavy atom. The van der Waals surface area contributed by atoms with Gasteiger partial charge in [0.2, 0.25) is 0 Å². The monoisotopic (exact) mass is 795 g/mol. The number of hydrogen-bond acceptors (Lipinski definition) is 3. The number of benzene rings is 6. The number of aryl methyl sites for hydroxylation is 1. The molecule has 1 aromatic heterocycles. The van der Waals surface area contributed by atoms with E-state index in [1.807, 2.05) is 0 Å². The molecule has 13 rings (SSSR count). The second-order valence-corrected chi connectivity index (χ2v) is 17.8. The van der Waals surface area contributed by atoms with Crippen LogP contribution in [0.3, 0.4) is 0 Å². The van der Waals surface area contributed by atoms with Crippen molar-refractivity contribution in [1.29, 1.82) is 0 Å². The molecule has 6 aromatic carbocycles. The van der Waals surface area contributed by atoms with Gasteiger partial charge in [-0.25, -0.2) is 4.98 Å². The standard InChI is InChI=1S/C59H45N3/c1-2-11-38(12-3-1)53-32-27-40-22-23-41-28-33-54(61-59(41)58(40)60-53)43-26-30-48-47-29-25-42(34-51(47)45-14-6-7-15-46(45)52(48)35-43)36-18-20-39(21-19-36)57-50-31-24-37-10-4-5-13-44(37)56(50)49-16-8-9-17-55(49)62-57/h1-2,4,6-11,14-18,20-26,28-31,33-36,41,59H,3,5,12-13,19,27,32H2. The van der Waals surface area contributed by atoms with Crippen molar-refractivity contribution in [2.75, 3.05) is 0 Å². The van der Waals surface area contributed by atoms with Crippen molar-refractivity contribution in [2.24, 2.45) is 15.9 Å². The number of rotatable bonds is 4. The lowest BCUT2D eigenvalue weighted by Gasteiger charge is -2.31. The molecule has 6 aliphatic rings. The molecule has 0 bridgehead atoms. The number of hydrogen-bond donors (Lipinski definition) is 0. The molecule has 296 valence electrons. The van der Waals surface area contributed by atoms with Crippen molar-refractivity contribution in [3.8, 4) is 0 Å². The molecular formula is C59H45N3. The van der Waals surface area contributed by atoms with Crippen molar-refractivity contribution in [2.45, 2.75) is 56.9 Å². The van der Waals surface area contributed by atoms with Gasteiger partial charge in [-0.05, 0) is 140 Å². The molecular weight excluding hydrogens is 751 g/mol. The van der Waals surface area contributed by atoms with Crippen LogP contribution in [0.1, 0.15) is 72.4 Å². The van der Waals surface area contributed by atoms with Crippen LogP contribution >= 0.6 is 0 Å². The van der Waals surface area contributed by atoms with E-state index in [9.17, 15) is 0 Å². The maximum atomic E-state index is 5.48. The van der Waals surface area contributed by atoms with Gasteiger partial charge in [0.1, 0.15) is 6.04 Å². The summed E-state index contributed by atoms with van der Waals surface area (Å²) < 4.78 is 0. The molecule has 3 heterocycles. The van der Waals surface area contributed by atoms with Gasteiger partial charge in [0.25, 0.3) is 0 Å². The van der Waals surface area contributed by atoms with Crippen LogP contribution in [0.2, 0.25) is 0 Å². The summed E-state index contributed by atoms with van der Waals surface area (Å²) in [6.07, 6.45) is 35.0. The first-order valence-corrected chi connectivity index (χ1v) is 22.6. The third-order valence-electron chi connectivity index (χ3n) is 14.3. The quantitative estimate of drug-likeness (QED) is 0.164. The first-order valence-electron chi connectivity index (χ1n) is 22.6. The average Bonchev–Trinajstić information content (AvgIpc) is 3.35. The Balaban J connectivity index is 0.844. The van der Waals surface area contributed by atoms with Crippen molar-refractivity contribution in [3.63, 3.8) is 0 Å². The van der Waals surface area contributed by atoms with Gasteiger partial charge in [-0.2, -0.15) is 0 Å². The van der Waals surface area contributed by atoms with Gasteiger partial charge in [0.05, 0.1) is 22.6 Å². The van der Waals surface area contributed by atoms with E-state index in [0.717, 1.165) is 67.4 Å². The van der Waals surface area contributed by atoms with E-state index < -0.39 is 0 Å². The van der Waals surface area contributed by atoms with Crippen LogP contribution in [0.25, 0.3) is 65.6 Å². The van der Waals surface area contributed by atoms with E-state index in [-0.39, 0.29) is 17.9 Å². The summed E-state index contributed by atoms with van der Waals surface area (Å²) in [6, 6.07) is 36.4. The predicted molar refractivity (Wildman–Crippen MR) is 262 cm³/mol. The van der Waals surface area contributed by atoms with Gasteiger partial charge >= 0.3 is 0 Å². The largest absolute Gasteiger partial charge is 0.274 e. The Kier molecular flexibility index (Phi) is 8.25. The Bertz CT molecular complexity index is 3430. The predicted octanol–water partition coefficient (Wildman–Crippen LogP) is 14.6. The molecule has 7 aromatic rings. The maximum absolute atomic E-state index is 5.48. The zero-order chi connectivity index (χ0) is 40.7. The number of aromatic nitrogens is 1. The fourth-order valence-corrected chi connectivity index (χ4v) is 11.2. The van der Waals surface area contributed by atoms with Crippen molar-refractivity contribution < 1.29 is 0 Å². The number of dihydropyridines is 1. The first kappa shape index (κ1) is 35.8. The summed E-state index contributed by atoms with van der Waals surface area (Å²) in [5.74, 6) is 0.523. The molecule has 3 unspecified atom stereocenters. The number of para-hydroxylation sites is 1. The van der Waals surface area contributed by atoms with E-state index in [1.54, 1.807) is 0 Å². The summed E-state index contributed by atoms with van der Waals surface area (Å²) in [6.45, 7) is 0. The summed E-state index contributed by atoms with van der Waals surface area (Å²) in [4.78, 5) is 16.1. The second kappa shape index (κ2) is 14.3. The number of pyridine rings is 1. The lowest BCUT2D eigenvalue weighted by Crippen LogP contribution is -2.28. The Morgan fingerprint density at radius 2 is 1.39 bits per heavy atom. The molecule has 0 N–H and O–H groups in total. The van der Waals surface area contributed by atoms with Gasteiger partial charge in [-0.3, -0.25) is 9.98 Å². The lowest BCUT2D eigenvalue weighted by molar-refractivity contribution is 0.623. The van der Waals surface area contributed by atoms with Crippen LogP contribution in [0.5, 0.6) is 0 Å². The zero-order valence-electron chi connectivity index (χ0n) is 34.7. The molecule has 0 saturated carbocycles. The Hall–Kier alpha value is -6.97. The van der Waals surface area contributed by atoms with Crippen molar-refractivity contribution in [1.82, 2.24) is 4.98 Å². The van der Waals surface area contributed by atoms with Crippen molar-refractivity contribution >= 4 is 77.1 Å². The minimum atomic E-state index is 0.0124. The molecule has 3 nitrogen and oxygen atoms in total. The number of aliphatic imine (C=N–C) groups is 2. The van der Waals surface area contributed by atoms with Crippen LogP contribution in [-0.4, -0.2) is 22.4 Å². The summed E-state index contributed by atoms with van der Waals surface area (Å²) in [5.41, 5.74) is 14.9. The highest BCUT2D eigenvalue weighted by molar-refractivity contribution is 6.26. The number of allylic oxidation sites excluding steroid dienone is 12. The van der Waals surface area contributed by atoms with Crippen LogP contribution in [0.15, 0.2) is 191 Å². The van der Waals surface area contributed by atoms with E-state index >= 15 is 0 Å². The van der Waals surface area contributed by atoms with Gasteiger partial charge < -0.3 is 0 Å². The SMILES string of the molecule is C1=CCCC(C2=NC3=C(C=CC4C=CC(c5ccc6c7ccc(C8C=CC(c9nc%10ccccc%10c%10c%11c(ccc9%10)C=CCC%11)=CC8)cc7c7ccccc7c6c5)=NC34)CC2)=C1. The van der Waals surface area contributed by atoms with E-state index in [1.165, 1.54) is 93.3 Å².